The maximum atomic E-state index is 12.3. The van der Waals surface area contributed by atoms with Crippen LogP contribution in [0.1, 0.15) is 12.5 Å². The molecule has 1 amide bonds. The van der Waals surface area contributed by atoms with E-state index in [1.165, 1.54) is 19.1 Å². The van der Waals surface area contributed by atoms with E-state index in [9.17, 15) is 13.2 Å². The van der Waals surface area contributed by atoms with Crippen molar-refractivity contribution in [3.63, 3.8) is 0 Å². The fourth-order valence-electron chi connectivity index (χ4n) is 2.59. The molecule has 6 nitrogen and oxygen atoms in total. The van der Waals surface area contributed by atoms with Gasteiger partial charge in [0.05, 0.1) is 4.90 Å². The summed E-state index contributed by atoms with van der Waals surface area (Å²) >= 11 is 0. The van der Waals surface area contributed by atoms with Crippen molar-refractivity contribution in [1.29, 1.82) is 0 Å². The molecular weight excluding hydrogens is 338 g/mol. The summed E-state index contributed by atoms with van der Waals surface area (Å²) in [6.45, 7) is 1.71. The molecule has 0 aliphatic heterocycles. The molecule has 1 heterocycles. The monoisotopic (exact) mass is 357 g/mol. The SMILES string of the molecule is CC(=O)Nc1ccc(S(=O)(=O)NCCc2ccc3[nH]ccc3c2)cc1. The summed E-state index contributed by atoms with van der Waals surface area (Å²) in [6, 6.07) is 14.1. The molecule has 2 aromatic carbocycles. The molecule has 0 aliphatic carbocycles. The third-order valence-corrected chi connectivity index (χ3v) is 5.29. The van der Waals surface area contributed by atoms with Crippen molar-refractivity contribution in [1.82, 2.24) is 9.71 Å². The Hall–Kier alpha value is -2.64. The summed E-state index contributed by atoms with van der Waals surface area (Å²) < 4.78 is 27.2. The molecule has 0 radical (unpaired) electrons. The van der Waals surface area contributed by atoms with E-state index in [0.717, 1.165) is 16.5 Å². The molecule has 0 fully saturated rings. The van der Waals surface area contributed by atoms with Crippen LogP contribution in [0.15, 0.2) is 59.6 Å². The molecule has 7 heteroatoms. The van der Waals surface area contributed by atoms with Crippen LogP contribution in [-0.4, -0.2) is 25.9 Å². The number of carbonyl (C=O) groups excluding carboxylic acids is 1. The van der Waals surface area contributed by atoms with Gasteiger partial charge in [-0.25, -0.2) is 13.1 Å². The lowest BCUT2D eigenvalue weighted by atomic mass is 10.1. The van der Waals surface area contributed by atoms with E-state index in [-0.39, 0.29) is 10.8 Å². The lowest BCUT2D eigenvalue weighted by molar-refractivity contribution is -0.114. The maximum Gasteiger partial charge on any atom is 0.240 e. The van der Waals surface area contributed by atoms with Crippen LogP contribution in [0.4, 0.5) is 5.69 Å². The fraction of sp³-hybridized carbons (Fsp3) is 0.167. The largest absolute Gasteiger partial charge is 0.361 e. The molecule has 3 aromatic rings. The van der Waals surface area contributed by atoms with E-state index in [2.05, 4.69) is 15.0 Å². The van der Waals surface area contributed by atoms with Gasteiger partial charge in [-0.3, -0.25) is 4.79 Å². The molecule has 1 aromatic heterocycles. The van der Waals surface area contributed by atoms with Crippen molar-refractivity contribution in [3.8, 4) is 0 Å². The maximum absolute atomic E-state index is 12.3. The number of fused-ring (bicyclic) bond motifs is 1. The Balaban J connectivity index is 1.62. The van der Waals surface area contributed by atoms with Crippen molar-refractivity contribution >= 4 is 32.5 Å². The van der Waals surface area contributed by atoms with Crippen LogP contribution in [-0.2, 0) is 21.2 Å². The molecule has 0 saturated carbocycles. The van der Waals surface area contributed by atoms with Crippen molar-refractivity contribution in [2.75, 3.05) is 11.9 Å². The topological polar surface area (TPSA) is 91.1 Å². The lowest BCUT2D eigenvalue weighted by Crippen LogP contribution is -2.26. The number of benzene rings is 2. The Morgan fingerprint density at radius 1 is 1.08 bits per heavy atom. The van der Waals surface area contributed by atoms with E-state index in [1.54, 1.807) is 12.1 Å². The minimum atomic E-state index is -3.58. The Morgan fingerprint density at radius 2 is 1.84 bits per heavy atom. The number of H-pyrrole nitrogens is 1. The highest BCUT2D eigenvalue weighted by atomic mass is 32.2. The van der Waals surface area contributed by atoms with Gasteiger partial charge in [-0.15, -0.1) is 0 Å². The van der Waals surface area contributed by atoms with Crippen LogP contribution in [0.3, 0.4) is 0 Å². The van der Waals surface area contributed by atoms with Crippen LogP contribution in [0.25, 0.3) is 10.9 Å². The lowest BCUT2D eigenvalue weighted by Gasteiger charge is -2.08. The predicted molar refractivity (Wildman–Crippen MR) is 97.9 cm³/mol. The zero-order chi connectivity index (χ0) is 17.9. The molecule has 3 rings (SSSR count). The van der Waals surface area contributed by atoms with Gasteiger partial charge in [0.25, 0.3) is 0 Å². The number of aromatic amines is 1. The number of hydrogen-bond donors (Lipinski definition) is 3. The molecule has 0 atom stereocenters. The normalized spacial score (nSPS) is 11.6. The number of hydrogen-bond acceptors (Lipinski definition) is 3. The van der Waals surface area contributed by atoms with Gasteiger partial charge >= 0.3 is 0 Å². The third-order valence-electron chi connectivity index (χ3n) is 3.81. The van der Waals surface area contributed by atoms with Crippen LogP contribution >= 0.6 is 0 Å². The highest BCUT2D eigenvalue weighted by molar-refractivity contribution is 7.89. The molecular formula is C18H19N3O3S. The van der Waals surface area contributed by atoms with Gasteiger partial charge in [-0.2, -0.15) is 0 Å². The second-order valence-electron chi connectivity index (χ2n) is 5.75. The summed E-state index contributed by atoms with van der Waals surface area (Å²) in [7, 11) is -3.58. The first-order valence-corrected chi connectivity index (χ1v) is 9.36. The molecule has 3 N–H and O–H groups in total. The Morgan fingerprint density at radius 3 is 2.56 bits per heavy atom. The molecule has 0 saturated heterocycles. The number of amides is 1. The highest BCUT2D eigenvalue weighted by Gasteiger charge is 2.13. The van der Waals surface area contributed by atoms with Crippen molar-refractivity contribution in [2.24, 2.45) is 0 Å². The molecule has 0 spiro atoms. The van der Waals surface area contributed by atoms with Crippen LogP contribution in [0.5, 0.6) is 0 Å². The van der Waals surface area contributed by atoms with Gasteiger partial charge in [0, 0.05) is 30.9 Å². The first kappa shape index (κ1) is 17.2. The molecule has 130 valence electrons. The quantitative estimate of drug-likeness (QED) is 0.633. The second-order valence-corrected chi connectivity index (χ2v) is 7.52. The van der Waals surface area contributed by atoms with E-state index >= 15 is 0 Å². The van der Waals surface area contributed by atoms with E-state index in [1.807, 2.05) is 30.5 Å². The zero-order valence-electron chi connectivity index (χ0n) is 13.7. The smallest absolute Gasteiger partial charge is 0.240 e. The summed E-state index contributed by atoms with van der Waals surface area (Å²) in [5.74, 6) is -0.201. The summed E-state index contributed by atoms with van der Waals surface area (Å²) in [5.41, 5.74) is 2.69. The number of anilines is 1. The Kier molecular flexibility index (Phi) is 4.87. The number of aromatic nitrogens is 1. The van der Waals surface area contributed by atoms with E-state index < -0.39 is 10.0 Å². The first-order chi connectivity index (χ1) is 11.9. The minimum Gasteiger partial charge on any atom is -0.361 e. The number of carbonyl (C=O) groups is 1. The van der Waals surface area contributed by atoms with Crippen LogP contribution in [0.2, 0.25) is 0 Å². The molecule has 0 unspecified atom stereocenters. The molecule has 0 aliphatic rings. The Labute approximate surface area is 146 Å². The average molecular weight is 357 g/mol. The van der Waals surface area contributed by atoms with Gasteiger partial charge in [-0.1, -0.05) is 6.07 Å². The van der Waals surface area contributed by atoms with Crippen molar-refractivity contribution in [2.45, 2.75) is 18.2 Å². The van der Waals surface area contributed by atoms with Crippen molar-refractivity contribution in [3.05, 3.63) is 60.3 Å². The molecule has 0 bridgehead atoms. The van der Waals surface area contributed by atoms with Gasteiger partial charge in [0.15, 0.2) is 0 Å². The van der Waals surface area contributed by atoms with Crippen LogP contribution in [0, 0.1) is 0 Å². The summed E-state index contributed by atoms with van der Waals surface area (Å²) in [4.78, 5) is 14.3. The first-order valence-electron chi connectivity index (χ1n) is 7.87. The predicted octanol–water partition coefficient (Wildman–Crippen LogP) is 2.65. The number of sulfonamides is 1. The Bertz CT molecular complexity index is 992. The fourth-order valence-corrected chi connectivity index (χ4v) is 3.62. The van der Waals surface area contributed by atoms with Crippen molar-refractivity contribution < 1.29 is 13.2 Å². The van der Waals surface area contributed by atoms with Gasteiger partial charge in [0.2, 0.25) is 15.9 Å². The van der Waals surface area contributed by atoms with Gasteiger partial charge in [-0.05, 0) is 59.8 Å². The van der Waals surface area contributed by atoms with Gasteiger partial charge in [0.1, 0.15) is 0 Å². The minimum absolute atomic E-state index is 0.169. The van der Waals surface area contributed by atoms with E-state index in [0.29, 0.717) is 18.7 Å². The average Bonchev–Trinajstić information content (AvgIpc) is 3.02. The summed E-state index contributed by atoms with van der Waals surface area (Å²) in [6.07, 6.45) is 2.48. The highest BCUT2D eigenvalue weighted by Crippen LogP contribution is 2.16. The van der Waals surface area contributed by atoms with Gasteiger partial charge < -0.3 is 10.3 Å². The van der Waals surface area contributed by atoms with Crippen LogP contribution < -0.4 is 10.0 Å². The second kappa shape index (κ2) is 7.08. The zero-order valence-corrected chi connectivity index (χ0v) is 14.6. The standard InChI is InChI=1S/C18H19N3O3S/c1-13(22)21-16-3-5-17(6-4-16)25(23,24)20-11-8-14-2-7-18-15(12-14)9-10-19-18/h2-7,9-10,12,19-20H,8,11H2,1H3,(H,21,22). The van der Waals surface area contributed by atoms with E-state index in [4.69, 9.17) is 0 Å². The third kappa shape index (κ3) is 4.26. The summed E-state index contributed by atoms with van der Waals surface area (Å²) in [5, 5.41) is 3.71. The number of nitrogens with one attached hydrogen (secondary N) is 3. The number of rotatable bonds is 6. The molecule has 25 heavy (non-hydrogen) atoms.